The largest absolute Gasteiger partial charge is 0.339 e. The van der Waals surface area contributed by atoms with Crippen molar-refractivity contribution >= 4 is 11.8 Å². The van der Waals surface area contributed by atoms with E-state index in [1.807, 2.05) is 4.68 Å². The Bertz CT molecular complexity index is 875. The van der Waals surface area contributed by atoms with Gasteiger partial charge in [0.1, 0.15) is 5.82 Å². The first-order chi connectivity index (χ1) is 12.2. The number of hydrogen-bond acceptors (Lipinski definition) is 7. The minimum Gasteiger partial charge on any atom is -0.339 e. The summed E-state index contributed by atoms with van der Waals surface area (Å²) >= 11 is 1.64. The highest BCUT2D eigenvalue weighted by Gasteiger charge is 2.27. The van der Waals surface area contributed by atoms with Crippen molar-refractivity contribution < 1.29 is 8.91 Å². The average molecular weight is 360 g/mol. The van der Waals surface area contributed by atoms with Crippen LogP contribution in [0.5, 0.6) is 0 Å². The summed E-state index contributed by atoms with van der Waals surface area (Å²) in [5.74, 6) is 1.57. The fraction of sp³-hybridized carbons (Fsp3) is 0.438. The molecule has 3 aromatic rings. The van der Waals surface area contributed by atoms with E-state index in [-0.39, 0.29) is 5.82 Å². The molecular formula is C16H17FN6OS. The van der Waals surface area contributed by atoms with Crippen LogP contribution in [0, 0.1) is 12.7 Å². The second kappa shape index (κ2) is 6.91. The van der Waals surface area contributed by atoms with Crippen molar-refractivity contribution in [2.24, 2.45) is 0 Å². The number of aromatic nitrogens is 6. The molecule has 0 spiro atoms. The Labute approximate surface area is 148 Å². The molecule has 2 aromatic heterocycles. The van der Waals surface area contributed by atoms with Gasteiger partial charge in [-0.2, -0.15) is 4.98 Å². The number of rotatable bonds is 7. The van der Waals surface area contributed by atoms with Crippen LogP contribution in [0.4, 0.5) is 4.39 Å². The smallest absolute Gasteiger partial charge is 0.226 e. The van der Waals surface area contributed by atoms with Crippen LogP contribution >= 0.6 is 11.8 Å². The molecule has 25 heavy (non-hydrogen) atoms. The zero-order chi connectivity index (χ0) is 17.2. The van der Waals surface area contributed by atoms with Crippen molar-refractivity contribution in [3.8, 4) is 11.4 Å². The highest BCUT2D eigenvalue weighted by Crippen LogP contribution is 2.36. The molecule has 4 rings (SSSR count). The normalized spacial score (nSPS) is 14.2. The second-order valence-corrected chi connectivity index (χ2v) is 7.13. The maximum Gasteiger partial charge on any atom is 0.226 e. The number of tetrazole rings is 1. The van der Waals surface area contributed by atoms with Crippen molar-refractivity contribution in [2.75, 3.05) is 5.75 Å². The summed E-state index contributed by atoms with van der Waals surface area (Å²) in [7, 11) is 0. The van der Waals surface area contributed by atoms with Gasteiger partial charge in [-0.3, -0.25) is 0 Å². The molecule has 2 heterocycles. The predicted octanol–water partition coefficient (Wildman–Crippen LogP) is 3.23. The minimum absolute atomic E-state index is 0.270. The highest BCUT2D eigenvalue weighted by molar-refractivity contribution is 7.99. The molecule has 1 fully saturated rings. The number of nitrogens with zero attached hydrogens (tertiary/aromatic N) is 6. The van der Waals surface area contributed by atoms with E-state index in [2.05, 4.69) is 25.7 Å². The summed E-state index contributed by atoms with van der Waals surface area (Å²) < 4.78 is 20.8. The Hall–Kier alpha value is -2.29. The lowest BCUT2D eigenvalue weighted by molar-refractivity contribution is 0.378. The SMILES string of the molecule is Cc1ccc(-c2noc(CCCSc3nnnn3C3CC3)n2)cc1F. The average Bonchev–Trinajstić information content (AvgIpc) is 3.16. The third-order valence-electron chi connectivity index (χ3n) is 4.02. The summed E-state index contributed by atoms with van der Waals surface area (Å²) in [4.78, 5) is 4.34. The molecule has 0 unspecified atom stereocenters. The van der Waals surface area contributed by atoms with Gasteiger partial charge in [0.25, 0.3) is 0 Å². The molecular weight excluding hydrogens is 343 g/mol. The number of aryl methyl sites for hydroxylation is 2. The molecule has 0 N–H and O–H groups in total. The van der Waals surface area contributed by atoms with Crippen LogP contribution in [0.15, 0.2) is 27.9 Å². The fourth-order valence-corrected chi connectivity index (χ4v) is 3.30. The Kier molecular flexibility index (Phi) is 4.48. The summed E-state index contributed by atoms with van der Waals surface area (Å²) in [5, 5.41) is 16.6. The van der Waals surface area contributed by atoms with Gasteiger partial charge in [0, 0.05) is 17.7 Å². The van der Waals surface area contributed by atoms with E-state index in [1.54, 1.807) is 30.8 Å². The van der Waals surface area contributed by atoms with Crippen molar-refractivity contribution in [2.45, 2.75) is 43.8 Å². The van der Waals surface area contributed by atoms with Crippen LogP contribution in [0.3, 0.4) is 0 Å². The summed E-state index contributed by atoms with van der Waals surface area (Å²) in [6.45, 7) is 1.72. The van der Waals surface area contributed by atoms with E-state index in [9.17, 15) is 4.39 Å². The van der Waals surface area contributed by atoms with Crippen LogP contribution in [0.2, 0.25) is 0 Å². The zero-order valence-corrected chi connectivity index (χ0v) is 14.5. The van der Waals surface area contributed by atoms with E-state index in [4.69, 9.17) is 4.52 Å². The number of benzene rings is 1. The standard InChI is InChI=1S/C16H17FN6OS/c1-10-4-5-11(9-13(10)17)15-18-14(24-20-15)3-2-8-25-16-19-21-22-23(16)12-6-7-12/h4-5,9,12H,2-3,6-8H2,1H3. The third kappa shape index (κ3) is 3.71. The van der Waals surface area contributed by atoms with E-state index in [0.29, 0.717) is 35.3 Å². The number of thioether (sulfide) groups is 1. The predicted molar refractivity (Wildman–Crippen MR) is 89.6 cm³/mol. The molecule has 1 aliphatic rings. The topological polar surface area (TPSA) is 82.5 Å². The molecule has 1 aliphatic carbocycles. The van der Waals surface area contributed by atoms with Crippen LogP contribution in [-0.2, 0) is 6.42 Å². The monoisotopic (exact) mass is 360 g/mol. The Morgan fingerprint density at radius 3 is 3.04 bits per heavy atom. The van der Waals surface area contributed by atoms with Gasteiger partial charge in [0.05, 0.1) is 6.04 Å². The quantitative estimate of drug-likeness (QED) is 0.472. The maximum absolute atomic E-state index is 13.6. The van der Waals surface area contributed by atoms with Gasteiger partial charge in [-0.15, -0.1) is 5.10 Å². The summed E-state index contributed by atoms with van der Waals surface area (Å²) in [6, 6.07) is 5.41. The zero-order valence-electron chi connectivity index (χ0n) is 13.7. The molecule has 130 valence electrons. The van der Waals surface area contributed by atoms with Crippen molar-refractivity contribution in [3.63, 3.8) is 0 Å². The number of hydrogen-bond donors (Lipinski definition) is 0. The van der Waals surface area contributed by atoms with Crippen LogP contribution in [0.25, 0.3) is 11.4 Å². The lowest BCUT2D eigenvalue weighted by Crippen LogP contribution is -1.99. The first-order valence-corrected chi connectivity index (χ1v) is 9.19. The lowest BCUT2D eigenvalue weighted by Gasteiger charge is -2.00. The Morgan fingerprint density at radius 1 is 1.36 bits per heavy atom. The molecule has 0 saturated heterocycles. The van der Waals surface area contributed by atoms with E-state index >= 15 is 0 Å². The molecule has 1 saturated carbocycles. The molecule has 9 heteroatoms. The van der Waals surface area contributed by atoms with Crippen LogP contribution < -0.4 is 0 Å². The van der Waals surface area contributed by atoms with E-state index in [1.165, 1.54) is 6.07 Å². The Morgan fingerprint density at radius 2 is 2.24 bits per heavy atom. The molecule has 0 amide bonds. The molecule has 7 nitrogen and oxygen atoms in total. The van der Waals surface area contributed by atoms with Gasteiger partial charge in [0.15, 0.2) is 0 Å². The van der Waals surface area contributed by atoms with Crippen LogP contribution in [-0.4, -0.2) is 36.1 Å². The van der Waals surface area contributed by atoms with Gasteiger partial charge in [0.2, 0.25) is 16.9 Å². The number of halogens is 1. The van der Waals surface area contributed by atoms with Gasteiger partial charge in [-0.25, -0.2) is 9.07 Å². The molecule has 1 aromatic carbocycles. The van der Waals surface area contributed by atoms with Gasteiger partial charge in [-0.1, -0.05) is 29.1 Å². The van der Waals surface area contributed by atoms with Crippen molar-refractivity contribution in [3.05, 3.63) is 35.5 Å². The van der Waals surface area contributed by atoms with Gasteiger partial charge in [-0.05, 0) is 48.2 Å². The van der Waals surface area contributed by atoms with E-state index < -0.39 is 0 Å². The Balaban J connectivity index is 1.31. The molecule has 0 aliphatic heterocycles. The van der Waals surface area contributed by atoms with Crippen molar-refractivity contribution in [1.29, 1.82) is 0 Å². The third-order valence-corrected chi connectivity index (χ3v) is 5.04. The minimum atomic E-state index is -0.270. The van der Waals surface area contributed by atoms with E-state index in [0.717, 1.165) is 30.2 Å². The van der Waals surface area contributed by atoms with Gasteiger partial charge < -0.3 is 4.52 Å². The lowest BCUT2D eigenvalue weighted by atomic mass is 10.1. The van der Waals surface area contributed by atoms with Crippen molar-refractivity contribution in [1.82, 2.24) is 30.3 Å². The maximum atomic E-state index is 13.6. The highest BCUT2D eigenvalue weighted by atomic mass is 32.2. The summed E-state index contributed by atoms with van der Waals surface area (Å²) in [6.07, 6.45) is 3.84. The summed E-state index contributed by atoms with van der Waals surface area (Å²) in [5.41, 5.74) is 1.22. The first kappa shape index (κ1) is 16.2. The first-order valence-electron chi connectivity index (χ1n) is 8.20. The molecule has 0 atom stereocenters. The van der Waals surface area contributed by atoms with Crippen LogP contribution in [0.1, 0.15) is 36.8 Å². The molecule has 0 radical (unpaired) electrons. The second-order valence-electron chi connectivity index (χ2n) is 6.06. The van der Waals surface area contributed by atoms with Gasteiger partial charge >= 0.3 is 0 Å². The molecule has 0 bridgehead atoms. The fourth-order valence-electron chi connectivity index (χ4n) is 2.42.